The highest BCUT2D eigenvalue weighted by molar-refractivity contribution is 9.10. The molecule has 0 fully saturated rings. The van der Waals surface area contributed by atoms with Crippen LogP contribution < -0.4 is 11.1 Å². The summed E-state index contributed by atoms with van der Waals surface area (Å²) in [6.45, 7) is 0.566. The van der Waals surface area contributed by atoms with Crippen LogP contribution >= 0.6 is 15.9 Å². The van der Waals surface area contributed by atoms with Crippen molar-refractivity contribution < 1.29 is 4.39 Å². The monoisotopic (exact) mass is 345 g/mol. The van der Waals surface area contributed by atoms with E-state index >= 15 is 0 Å². The first-order valence-electron chi connectivity index (χ1n) is 6.46. The average molecular weight is 346 g/mol. The number of hydrogen-bond donors (Lipinski definition) is 2. The molecule has 0 amide bonds. The van der Waals surface area contributed by atoms with Crippen LogP contribution in [0.3, 0.4) is 0 Å². The van der Waals surface area contributed by atoms with Gasteiger partial charge in [-0.1, -0.05) is 24.3 Å². The van der Waals surface area contributed by atoms with Crippen molar-refractivity contribution in [2.24, 2.45) is 0 Å². The summed E-state index contributed by atoms with van der Waals surface area (Å²) in [6.07, 6.45) is 1.77. The highest BCUT2D eigenvalue weighted by Crippen LogP contribution is 2.27. The van der Waals surface area contributed by atoms with Gasteiger partial charge in [0, 0.05) is 24.2 Å². The zero-order valence-corrected chi connectivity index (χ0v) is 12.7. The molecule has 0 aliphatic carbocycles. The molecule has 0 unspecified atom stereocenters. The van der Waals surface area contributed by atoms with Crippen molar-refractivity contribution in [3.8, 4) is 0 Å². The number of aromatic nitrogens is 1. The Kier molecular flexibility index (Phi) is 3.75. The quantitative estimate of drug-likeness (QED) is 0.694. The molecule has 3 rings (SSSR count). The lowest BCUT2D eigenvalue weighted by Crippen LogP contribution is -2.04. The van der Waals surface area contributed by atoms with Crippen LogP contribution in [-0.4, -0.2) is 4.98 Å². The molecule has 0 spiro atoms. The summed E-state index contributed by atoms with van der Waals surface area (Å²) in [5.41, 5.74) is 8.91. The number of fused-ring (bicyclic) bond motifs is 1. The van der Waals surface area contributed by atoms with E-state index in [9.17, 15) is 4.39 Å². The minimum absolute atomic E-state index is 0.370. The van der Waals surface area contributed by atoms with Gasteiger partial charge in [0.05, 0.1) is 21.4 Å². The van der Waals surface area contributed by atoms with Gasteiger partial charge in [-0.2, -0.15) is 0 Å². The number of anilines is 2. The Bertz CT molecular complexity index is 799. The predicted octanol–water partition coefficient (Wildman–Crippen LogP) is 4.33. The smallest absolute Gasteiger partial charge is 0.139 e. The van der Waals surface area contributed by atoms with Crippen LogP contribution in [0, 0.1) is 5.82 Å². The number of benzene rings is 2. The van der Waals surface area contributed by atoms with Crippen molar-refractivity contribution >= 4 is 38.2 Å². The molecule has 0 aliphatic rings. The first kappa shape index (κ1) is 13.8. The molecule has 0 bridgehead atoms. The molecule has 1 aromatic heterocycles. The third-order valence-electron chi connectivity index (χ3n) is 3.28. The summed E-state index contributed by atoms with van der Waals surface area (Å²) in [7, 11) is 0. The number of nitrogens with two attached hydrogens (primary N) is 1. The van der Waals surface area contributed by atoms with Crippen LogP contribution in [0.4, 0.5) is 15.8 Å². The van der Waals surface area contributed by atoms with Crippen LogP contribution in [0.2, 0.25) is 0 Å². The second-order valence-corrected chi connectivity index (χ2v) is 5.55. The van der Waals surface area contributed by atoms with E-state index in [0.717, 1.165) is 16.5 Å². The van der Waals surface area contributed by atoms with Crippen LogP contribution in [0.15, 0.2) is 53.1 Å². The Morgan fingerprint density at radius 3 is 2.86 bits per heavy atom. The van der Waals surface area contributed by atoms with Crippen molar-refractivity contribution in [2.75, 3.05) is 11.1 Å². The summed E-state index contributed by atoms with van der Waals surface area (Å²) in [4.78, 5) is 4.41. The van der Waals surface area contributed by atoms with Gasteiger partial charge in [0.2, 0.25) is 0 Å². The van der Waals surface area contributed by atoms with E-state index in [4.69, 9.17) is 5.73 Å². The first-order chi connectivity index (χ1) is 10.1. The average Bonchev–Trinajstić information content (AvgIpc) is 2.49. The Morgan fingerprint density at radius 2 is 2.00 bits per heavy atom. The topological polar surface area (TPSA) is 50.9 Å². The number of pyridine rings is 1. The van der Waals surface area contributed by atoms with Crippen molar-refractivity contribution in [1.29, 1.82) is 0 Å². The molecule has 0 radical (unpaired) electrons. The Morgan fingerprint density at radius 1 is 1.19 bits per heavy atom. The van der Waals surface area contributed by atoms with E-state index in [1.807, 2.05) is 30.3 Å². The maximum Gasteiger partial charge on any atom is 0.139 e. The van der Waals surface area contributed by atoms with Gasteiger partial charge in [-0.05, 0) is 33.6 Å². The molecule has 21 heavy (non-hydrogen) atoms. The van der Waals surface area contributed by atoms with Gasteiger partial charge in [-0.15, -0.1) is 0 Å². The normalized spacial score (nSPS) is 10.8. The fourth-order valence-electron chi connectivity index (χ4n) is 2.22. The number of nitrogen functional groups attached to an aromatic ring is 1. The molecular formula is C16H13BrFN3. The van der Waals surface area contributed by atoms with Crippen LogP contribution in [0.5, 0.6) is 0 Å². The Balaban J connectivity index is 1.89. The van der Waals surface area contributed by atoms with Crippen molar-refractivity contribution in [1.82, 2.24) is 4.98 Å². The molecule has 2 aromatic carbocycles. The number of nitrogens with one attached hydrogen (secondary N) is 1. The zero-order chi connectivity index (χ0) is 14.8. The van der Waals surface area contributed by atoms with Crippen LogP contribution in [0.25, 0.3) is 10.9 Å². The molecule has 5 heteroatoms. The predicted molar refractivity (Wildman–Crippen MR) is 87.6 cm³/mol. The lowest BCUT2D eigenvalue weighted by Gasteiger charge is -2.11. The highest BCUT2D eigenvalue weighted by atomic mass is 79.9. The van der Waals surface area contributed by atoms with Gasteiger partial charge >= 0.3 is 0 Å². The largest absolute Gasteiger partial charge is 0.397 e. The van der Waals surface area contributed by atoms with Gasteiger partial charge in [-0.3, -0.25) is 4.98 Å². The van der Waals surface area contributed by atoms with Crippen molar-refractivity contribution in [3.63, 3.8) is 0 Å². The maximum absolute atomic E-state index is 13.4. The fourth-order valence-corrected chi connectivity index (χ4v) is 2.56. The Labute approximate surface area is 130 Å². The molecule has 3 nitrogen and oxygen atoms in total. The minimum atomic E-state index is -0.370. The summed E-state index contributed by atoms with van der Waals surface area (Å²) in [5, 5.41) is 4.32. The molecular weight excluding hydrogens is 333 g/mol. The number of halogens is 2. The van der Waals surface area contributed by atoms with E-state index in [-0.39, 0.29) is 5.82 Å². The lowest BCUT2D eigenvalue weighted by atomic mass is 10.1. The van der Waals surface area contributed by atoms with Crippen LogP contribution in [0.1, 0.15) is 5.56 Å². The van der Waals surface area contributed by atoms with E-state index < -0.39 is 0 Å². The minimum Gasteiger partial charge on any atom is -0.397 e. The third-order valence-corrected chi connectivity index (χ3v) is 3.89. The third kappa shape index (κ3) is 2.83. The fraction of sp³-hybridized carbons (Fsp3) is 0.0625. The molecule has 0 atom stereocenters. The summed E-state index contributed by atoms with van der Waals surface area (Å²) in [6, 6.07) is 12.9. The van der Waals surface area contributed by atoms with E-state index in [1.165, 1.54) is 6.07 Å². The van der Waals surface area contributed by atoms with Gasteiger partial charge in [0.15, 0.2) is 0 Å². The molecule has 3 N–H and O–H groups in total. The summed E-state index contributed by atoms with van der Waals surface area (Å²) >= 11 is 3.16. The molecule has 0 saturated carbocycles. The second-order valence-electron chi connectivity index (χ2n) is 4.70. The van der Waals surface area contributed by atoms with E-state index in [2.05, 4.69) is 26.2 Å². The molecule has 0 aliphatic heterocycles. The first-order valence-corrected chi connectivity index (χ1v) is 7.25. The van der Waals surface area contributed by atoms with Crippen LogP contribution in [-0.2, 0) is 6.54 Å². The molecule has 106 valence electrons. The van der Waals surface area contributed by atoms with E-state index in [1.54, 1.807) is 12.3 Å². The standard InChI is InChI=1S/C16H13BrFN3/c17-12-7-15(14(19)8-13(12)18)21-9-11-4-1-3-10-5-2-6-20-16(10)11/h1-8,21H,9,19H2. The molecule has 3 aromatic rings. The zero-order valence-electron chi connectivity index (χ0n) is 11.1. The van der Waals surface area contributed by atoms with Crippen molar-refractivity contribution in [2.45, 2.75) is 6.54 Å². The SMILES string of the molecule is Nc1cc(F)c(Br)cc1NCc1cccc2cccnc12. The van der Waals surface area contributed by atoms with Gasteiger partial charge in [0.1, 0.15) is 5.82 Å². The van der Waals surface area contributed by atoms with Gasteiger partial charge < -0.3 is 11.1 Å². The highest BCUT2D eigenvalue weighted by Gasteiger charge is 2.07. The number of hydrogen-bond acceptors (Lipinski definition) is 3. The number of para-hydroxylation sites is 1. The Hall–Kier alpha value is -2.14. The lowest BCUT2D eigenvalue weighted by molar-refractivity contribution is 0.622. The molecule has 0 saturated heterocycles. The summed E-state index contributed by atoms with van der Waals surface area (Å²) in [5.74, 6) is -0.370. The number of rotatable bonds is 3. The van der Waals surface area contributed by atoms with E-state index in [0.29, 0.717) is 22.4 Å². The summed E-state index contributed by atoms with van der Waals surface area (Å²) < 4.78 is 13.8. The van der Waals surface area contributed by atoms with Gasteiger partial charge in [-0.25, -0.2) is 4.39 Å². The molecule has 1 heterocycles. The maximum atomic E-state index is 13.4. The van der Waals surface area contributed by atoms with Gasteiger partial charge in [0.25, 0.3) is 0 Å². The number of nitrogens with zero attached hydrogens (tertiary/aromatic N) is 1. The second kappa shape index (κ2) is 5.69. The van der Waals surface area contributed by atoms with Crippen molar-refractivity contribution in [3.05, 3.63) is 64.5 Å².